The van der Waals surface area contributed by atoms with Crippen molar-refractivity contribution >= 4 is 64.2 Å². The van der Waals surface area contributed by atoms with Crippen LogP contribution in [0.4, 0.5) is 0 Å². The number of oxazole rings is 1. The summed E-state index contributed by atoms with van der Waals surface area (Å²) in [6.07, 6.45) is 0. The lowest BCUT2D eigenvalue weighted by atomic mass is 10.0. The summed E-state index contributed by atoms with van der Waals surface area (Å²) in [6.45, 7) is 0. The third-order valence-electron chi connectivity index (χ3n) is 10.1. The molecular formula is C48H28N4OS. The first kappa shape index (κ1) is 30.6. The van der Waals surface area contributed by atoms with Crippen molar-refractivity contribution in [3.63, 3.8) is 0 Å². The molecule has 0 aliphatic heterocycles. The molecule has 3 heterocycles. The van der Waals surface area contributed by atoms with E-state index in [9.17, 15) is 0 Å². The lowest BCUT2D eigenvalue weighted by molar-refractivity contribution is 0.620. The molecular weight excluding hydrogens is 681 g/mol. The van der Waals surface area contributed by atoms with Gasteiger partial charge in [0.25, 0.3) is 0 Å². The van der Waals surface area contributed by atoms with E-state index >= 15 is 0 Å². The molecule has 0 aliphatic rings. The summed E-state index contributed by atoms with van der Waals surface area (Å²) in [5.74, 6) is 2.51. The van der Waals surface area contributed by atoms with Crippen LogP contribution in [0.2, 0.25) is 0 Å². The van der Waals surface area contributed by atoms with Gasteiger partial charge < -0.3 is 4.42 Å². The van der Waals surface area contributed by atoms with Gasteiger partial charge in [0.1, 0.15) is 5.52 Å². The van der Waals surface area contributed by atoms with Crippen molar-refractivity contribution in [2.75, 3.05) is 0 Å². The van der Waals surface area contributed by atoms with E-state index < -0.39 is 0 Å². The Labute approximate surface area is 313 Å². The Hall–Kier alpha value is -7.02. The van der Waals surface area contributed by atoms with Crippen molar-refractivity contribution in [2.45, 2.75) is 0 Å². The standard InChI is InChI=1S/C48H28N4OS/c1-2-10-29(11-3-1)34-16-8-17-35(24-34)45-50-46(36-22-20-30-12-4-6-14-32(30)25-36)52-47(51-45)39-19-9-18-38-40-27-42-41(28-43(40)54-44(38)39)49-48(53-42)37-23-21-31-13-5-7-15-33(31)26-37/h1-28H. The molecule has 54 heavy (non-hydrogen) atoms. The van der Waals surface area contributed by atoms with Crippen molar-refractivity contribution < 1.29 is 4.42 Å². The number of rotatable bonds is 5. The van der Waals surface area contributed by atoms with Crippen LogP contribution in [0.25, 0.3) is 110 Å². The van der Waals surface area contributed by atoms with Crippen LogP contribution >= 0.6 is 11.3 Å². The molecule has 252 valence electrons. The Kier molecular flexibility index (Phi) is 6.97. The number of hydrogen-bond donors (Lipinski definition) is 0. The van der Waals surface area contributed by atoms with Crippen LogP contribution in [0.1, 0.15) is 0 Å². The molecule has 0 atom stereocenters. The van der Waals surface area contributed by atoms with Gasteiger partial charge in [-0.1, -0.05) is 127 Å². The van der Waals surface area contributed by atoms with Gasteiger partial charge in [0.15, 0.2) is 23.1 Å². The Bertz CT molecular complexity index is 3240. The van der Waals surface area contributed by atoms with Gasteiger partial charge in [0.2, 0.25) is 5.89 Å². The van der Waals surface area contributed by atoms with Crippen molar-refractivity contribution in [3.05, 3.63) is 170 Å². The molecule has 0 fully saturated rings. The average Bonchev–Trinajstić information content (AvgIpc) is 3.83. The molecule has 0 radical (unpaired) electrons. The summed E-state index contributed by atoms with van der Waals surface area (Å²) in [5.41, 5.74) is 7.63. The van der Waals surface area contributed by atoms with Crippen LogP contribution in [-0.2, 0) is 0 Å². The third kappa shape index (κ3) is 5.23. The molecule has 0 N–H and O–H groups in total. The minimum absolute atomic E-state index is 0.619. The predicted octanol–water partition coefficient (Wildman–Crippen LogP) is 13.0. The molecule has 6 heteroatoms. The first-order chi connectivity index (χ1) is 26.7. The number of nitrogens with zero attached hydrogens (tertiary/aromatic N) is 4. The summed E-state index contributed by atoms with van der Waals surface area (Å²) in [7, 11) is 0. The van der Waals surface area contributed by atoms with Crippen molar-refractivity contribution in [3.8, 4) is 56.7 Å². The Morgan fingerprint density at radius 1 is 0.389 bits per heavy atom. The monoisotopic (exact) mass is 708 g/mol. The normalized spacial score (nSPS) is 11.7. The number of thiophene rings is 1. The topological polar surface area (TPSA) is 64.7 Å². The zero-order valence-corrected chi connectivity index (χ0v) is 29.6. The highest BCUT2D eigenvalue weighted by atomic mass is 32.1. The largest absolute Gasteiger partial charge is 0.436 e. The van der Waals surface area contributed by atoms with Gasteiger partial charge in [0.05, 0.1) is 0 Å². The Morgan fingerprint density at radius 3 is 1.78 bits per heavy atom. The maximum Gasteiger partial charge on any atom is 0.227 e. The van der Waals surface area contributed by atoms with Crippen LogP contribution in [0, 0.1) is 0 Å². The number of fused-ring (bicyclic) bond motifs is 6. The molecule has 3 aromatic heterocycles. The van der Waals surface area contributed by atoms with Crippen LogP contribution in [0.15, 0.2) is 174 Å². The van der Waals surface area contributed by atoms with E-state index in [-0.39, 0.29) is 0 Å². The quantitative estimate of drug-likeness (QED) is 0.178. The smallest absolute Gasteiger partial charge is 0.227 e. The second-order valence-electron chi connectivity index (χ2n) is 13.5. The Morgan fingerprint density at radius 2 is 1.00 bits per heavy atom. The minimum atomic E-state index is 0.619. The van der Waals surface area contributed by atoms with Crippen LogP contribution in [0.5, 0.6) is 0 Å². The zero-order valence-electron chi connectivity index (χ0n) is 28.8. The lowest BCUT2D eigenvalue weighted by Crippen LogP contribution is -2.00. The van der Waals surface area contributed by atoms with Crippen LogP contribution in [0.3, 0.4) is 0 Å². The fraction of sp³-hybridized carbons (Fsp3) is 0. The maximum atomic E-state index is 6.41. The molecule has 11 aromatic rings. The molecule has 5 nitrogen and oxygen atoms in total. The fourth-order valence-corrected chi connectivity index (χ4v) is 8.62. The second-order valence-corrected chi connectivity index (χ2v) is 14.5. The molecule has 8 aromatic carbocycles. The molecule has 0 spiro atoms. The van der Waals surface area contributed by atoms with Crippen molar-refractivity contribution in [1.29, 1.82) is 0 Å². The Balaban J connectivity index is 1.07. The molecule has 0 bridgehead atoms. The van der Waals surface area contributed by atoms with Crippen molar-refractivity contribution in [2.24, 2.45) is 0 Å². The lowest BCUT2D eigenvalue weighted by Gasteiger charge is -2.11. The highest BCUT2D eigenvalue weighted by Gasteiger charge is 2.19. The fourth-order valence-electron chi connectivity index (χ4n) is 7.39. The van der Waals surface area contributed by atoms with Gasteiger partial charge in [-0.05, 0) is 75.1 Å². The van der Waals surface area contributed by atoms with Gasteiger partial charge in [-0.2, -0.15) is 0 Å². The number of aromatic nitrogens is 4. The van der Waals surface area contributed by atoms with E-state index in [2.05, 4.69) is 164 Å². The summed E-state index contributed by atoms with van der Waals surface area (Å²) in [5, 5.41) is 6.90. The third-order valence-corrected chi connectivity index (χ3v) is 11.3. The SMILES string of the molecule is c1ccc(-c2cccc(-c3nc(-c4ccc5ccccc5c4)nc(-c4cccc5c4sc4cc6nc(-c7ccc8ccccc8c7)oc6cc45)n3)c2)cc1. The second kappa shape index (κ2) is 12.3. The molecule has 0 amide bonds. The van der Waals surface area contributed by atoms with Gasteiger partial charge in [-0.25, -0.2) is 19.9 Å². The average molecular weight is 709 g/mol. The van der Waals surface area contributed by atoms with E-state index in [1.165, 1.54) is 10.8 Å². The van der Waals surface area contributed by atoms with Gasteiger partial charge in [0, 0.05) is 42.4 Å². The minimum Gasteiger partial charge on any atom is -0.436 e. The van der Waals surface area contributed by atoms with E-state index in [0.717, 1.165) is 75.4 Å². The molecule has 0 aliphatic carbocycles. The summed E-state index contributed by atoms with van der Waals surface area (Å²) >= 11 is 1.73. The van der Waals surface area contributed by atoms with E-state index in [0.29, 0.717) is 23.4 Å². The molecule has 0 unspecified atom stereocenters. The highest BCUT2D eigenvalue weighted by molar-refractivity contribution is 7.26. The first-order valence-electron chi connectivity index (χ1n) is 17.9. The zero-order chi connectivity index (χ0) is 35.6. The number of benzene rings is 8. The molecule has 11 rings (SSSR count). The van der Waals surface area contributed by atoms with Gasteiger partial charge >= 0.3 is 0 Å². The van der Waals surface area contributed by atoms with Crippen LogP contribution in [-0.4, -0.2) is 19.9 Å². The van der Waals surface area contributed by atoms with E-state index in [4.69, 9.17) is 24.4 Å². The van der Waals surface area contributed by atoms with Gasteiger partial charge in [-0.3, -0.25) is 0 Å². The predicted molar refractivity (Wildman–Crippen MR) is 222 cm³/mol. The molecule has 0 saturated carbocycles. The van der Waals surface area contributed by atoms with Crippen LogP contribution < -0.4 is 0 Å². The van der Waals surface area contributed by atoms with Gasteiger partial charge in [-0.15, -0.1) is 11.3 Å². The summed E-state index contributed by atoms with van der Waals surface area (Å²) < 4.78 is 8.64. The summed E-state index contributed by atoms with van der Waals surface area (Å²) in [4.78, 5) is 20.4. The highest BCUT2D eigenvalue weighted by Crippen LogP contribution is 2.42. The summed E-state index contributed by atoms with van der Waals surface area (Å²) in [6, 6.07) is 58.9. The maximum absolute atomic E-state index is 6.41. The van der Waals surface area contributed by atoms with E-state index in [1.807, 2.05) is 6.07 Å². The molecule has 0 saturated heterocycles. The van der Waals surface area contributed by atoms with Crippen molar-refractivity contribution in [1.82, 2.24) is 19.9 Å². The van der Waals surface area contributed by atoms with E-state index in [1.54, 1.807) is 11.3 Å². The number of hydrogen-bond acceptors (Lipinski definition) is 6. The first-order valence-corrected chi connectivity index (χ1v) is 18.7.